The predicted molar refractivity (Wildman–Crippen MR) is 50.6 cm³/mol. The van der Waals surface area contributed by atoms with Gasteiger partial charge in [-0.25, -0.2) is 0 Å². The molecule has 0 fully saturated rings. The molecule has 0 saturated carbocycles. The summed E-state index contributed by atoms with van der Waals surface area (Å²) >= 11 is 0. The molecule has 0 bridgehead atoms. The van der Waals surface area contributed by atoms with E-state index in [2.05, 4.69) is 34.6 Å². The van der Waals surface area contributed by atoms with Crippen LogP contribution in [0.25, 0.3) is 0 Å². The van der Waals surface area contributed by atoms with Crippen molar-refractivity contribution in [2.24, 2.45) is 11.3 Å². The van der Waals surface area contributed by atoms with Gasteiger partial charge in [0.25, 0.3) is 7.48 Å². The molecule has 1 radical (unpaired) electrons. The van der Waals surface area contributed by atoms with Crippen molar-refractivity contribution in [3.8, 4) is 0 Å². The molecular formula is C9H20BO. The second-order valence-electron chi connectivity index (χ2n) is 4.82. The van der Waals surface area contributed by atoms with Crippen molar-refractivity contribution in [2.45, 2.75) is 46.9 Å². The number of hydrogen-bond donors (Lipinski definition) is 1. The highest BCUT2D eigenvalue weighted by molar-refractivity contribution is 6.27. The molecule has 0 aliphatic rings. The van der Waals surface area contributed by atoms with Crippen LogP contribution in [0.4, 0.5) is 0 Å². The van der Waals surface area contributed by atoms with Gasteiger partial charge in [0.1, 0.15) is 0 Å². The van der Waals surface area contributed by atoms with Crippen LogP contribution >= 0.6 is 0 Å². The minimum atomic E-state index is 0.314. The van der Waals surface area contributed by atoms with Gasteiger partial charge in [-0.1, -0.05) is 34.6 Å². The van der Waals surface area contributed by atoms with Crippen molar-refractivity contribution in [1.29, 1.82) is 0 Å². The Kier molecular flexibility index (Phi) is 4.16. The molecule has 2 heteroatoms. The maximum Gasteiger partial charge on any atom is 0.290 e. The Morgan fingerprint density at radius 2 is 1.73 bits per heavy atom. The van der Waals surface area contributed by atoms with Gasteiger partial charge < -0.3 is 5.02 Å². The van der Waals surface area contributed by atoms with Crippen LogP contribution in [0.3, 0.4) is 0 Å². The summed E-state index contributed by atoms with van der Waals surface area (Å²) in [6, 6.07) is 0. The van der Waals surface area contributed by atoms with E-state index >= 15 is 0 Å². The van der Waals surface area contributed by atoms with E-state index in [-0.39, 0.29) is 0 Å². The van der Waals surface area contributed by atoms with E-state index in [4.69, 9.17) is 5.02 Å². The SMILES string of the molecule is CC(C)C([B]O)CC(C)(C)C. The maximum absolute atomic E-state index is 8.93. The molecule has 1 nitrogen and oxygen atoms in total. The fourth-order valence-corrected chi connectivity index (χ4v) is 1.17. The van der Waals surface area contributed by atoms with Crippen molar-refractivity contribution in [3.63, 3.8) is 0 Å². The lowest BCUT2D eigenvalue weighted by molar-refractivity contribution is 0.326. The zero-order chi connectivity index (χ0) is 9.07. The van der Waals surface area contributed by atoms with Gasteiger partial charge in [0.15, 0.2) is 0 Å². The minimum Gasteiger partial charge on any atom is -0.454 e. The molecule has 0 spiro atoms. The first-order chi connectivity index (χ1) is 4.87. The first kappa shape index (κ1) is 11.0. The van der Waals surface area contributed by atoms with Crippen LogP contribution in [0.2, 0.25) is 5.82 Å². The predicted octanol–water partition coefficient (Wildman–Crippen LogP) is 2.48. The summed E-state index contributed by atoms with van der Waals surface area (Å²) in [5.74, 6) is 0.884. The fourth-order valence-electron chi connectivity index (χ4n) is 1.17. The van der Waals surface area contributed by atoms with Gasteiger partial charge in [-0.2, -0.15) is 0 Å². The molecular weight excluding hydrogens is 135 g/mol. The molecule has 0 aliphatic heterocycles. The topological polar surface area (TPSA) is 20.2 Å². The second-order valence-corrected chi connectivity index (χ2v) is 4.82. The Labute approximate surface area is 71.5 Å². The Morgan fingerprint density at radius 1 is 1.27 bits per heavy atom. The Morgan fingerprint density at radius 3 is 1.82 bits per heavy atom. The number of rotatable bonds is 3. The Hall–Kier alpha value is 0.0249. The molecule has 0 aromatic carbocycles. The maximum atomic E-state index is 8.93. The smallest absolute Gasteiger partial charge is 0.290 e. The normalized spacial score (nSPS) is 15.2. The molecule has 1 atom stereocenters. The molecule has 0 amide bonds. The van der Waals surface area contributed by atoms with E-state index < -0.39 is 0 Å². The van der Waals surface area contributed by atoms with E-state index in [1.807, 2.05) is 0 Å². The molecule has 0 aromatic heterocycles. The van der Waals surface area contributed by atoms with Crippen molar-refractivity contribution in [1.82, 2.24) is 0 Å². The number of hydrogen-bond acceptors (Lipinski definition) is 1. The molecule has 65 valence electrons. The van der Waals surface area contributed by atoms with Crippen LogP contribution < -0.4 is 0 Å². The second kappa shape index (κ2) is 4.15. The van der Waals surface area contributed by atoms with Crippen molar-refractivity contribution < 1.29 is 5.02 Å². The van der Waals surface area contributed by atoms with E-state index in [1.165, 1.54) is 7.48 Å². The first-order valence-corrected chi connectivity index (χ1v) is 4.34. The monoisotopic (exact) mass is 155 g/mol. The minimum absolute atomic E-state index is 0.314. The van der Waals surface area contributed by atoms with Gasteiger partial charge in [0, 0.05) is 0 Å². The third-order valence-corrected chi connectivity index (χ3v) is 1.90. The lowest BCUT2D eigenvalue weighted by Crippen LogP contribution is -2.18. The van der Waals surface area contributed by atoms with Gasteiger partial charge in [-0.15, -0.1) is 0 Å². The quantitative estimate of drug-likeness (QED) is 0.620. The van der Waals surface area contributed by atoms with Gasteiger partial charge in [0.05, 0.1) is 0 Å². The third kappa shape index (κ3) is 5.31. The molecule has 11 heavy (non-hydrogen) atoms. The Balaban J connectivity index is 3.88. The molecule has 1 N–H and O–H groups in total. The standard InChI is InChI=1S/C9H20BO/c1-7(2)8(10-11)6-9(3,4)5/h7-8,11H,6H2,1-5H3. The molecule has 0 rings (SSSR count). The zero-order valence-electron chi connectivity index (χ0n) is 8.39. The molecule has 1 unspecified atom stereocenters. The van der Waals surface area contributed by atoms with Gasteiger partial charge in [-0.05, 0) is 23.6 Å². The summed E-state index contributed by atoms with van der Waals surface area (Å²) in [6.07, 6.45) is 1.06. The summed E-state index contributed by atoms with van der Waals surface area (Å²) in [5.41, 5.74) is 0.314. The van der Waals surface area contributed by atoms with Crippen LogP contribution in [0, 0.1) is 11.3 Å². The van der Waals surface area contributed by atoms with E-state index in [0.717, 1.165) is 6.42 Å². The van der Waals surface area contributed by atoms with Crippen molar-refractivity contribution >= 4 is 7.48 Å². The largest absolute Gasteiger partial charge is 0.454 e. The summed E-state index contributed by atoms with van der Waals surface area (Å²) in [7, 11) is 1.34. The van der Waals surface area contributed by atoms with Gasteiger partial charge >= 0.3 is 0 Å². The van der Waals surface area contributed by atoms with Crippen LogP contribution in [0.1, 0.15) is 41.0 Å². The zero-order valence-corrected chi connectivity index (χ0v) is 8.39. The molecule has 0 heterocycles. The molecule has 0 aromatic rings. The highest BCUT2D eigenvalue weighted by Crippen LogP contribution is 2.31. The van der Waals surface area contributed by atoms with Crippen molar-refractivity contribution in [3.05, 3.63) is 0 Å². The van der Waals surface area contributed by atoms with Crippen LogP contribution in [0.15, 0.2) is 0 Å². The van der Waals surface area contributed by atoms with Crippen LogP contribution in [-0.4, -0.2) is 12.5 Å². The first-order valence-electron chi connectivity index (χ1n) is 4.34. The van der Waals surface area contributed by atoms with Crippen LogP contribution in [0.5, 0.6) is 0 Å². The highest BCUT2D eigenvalue weighted by Gasteiger charge is 2.21. The summed E-state index contributed by atoms with van der Waals surface area (Å²) < 4.78 is 0. The molecule has 0 aliphatic carbocycles. The Bertz CT molecular complexity index is 105. The average molecular weight is 155 g/mol. The van der Waals surface area contributed by atoms with Crippen LogP contribution in [-0.2, 0) is 0 Å². The van der Waals surface area contributed by atoms with Gasteiger partial charge in [-0.3, -0.25) is 0 Å². The average Bonchev–Trinajstić information content (AvgIpc) is 1.80. The van der Waals surface area contributed by atoms with E-state index in [0.29, 0.717) is 17.2 Å². The van der Waals surface area contributed by atoms with E-state index in [9.17, 15) is 0 Å². The summed E-state index contributed by atoms with van der Waals surface area (Å²) in [5, 5.41) is 8.93. The fraction of sp³-hybridized carbons (Fsp3) is 1.00. The van der Waals surface area contributed by atoms with E-state index in [1.54, 1.807) is 0 Å². The molecule has 0 saturated heterocycles. The van der Waals surface area contributed by atoms with Crippen molar-refractivity contribution in [2.75, 3.05) is 0 Å². The van der Waals surface area contributed by atoms with Gasteiger partial charge in [0.2, 0.25) is 0 Å². The third-order valence-electron chi connectivity index (χ3n) is 1.90. The lowest BCUT2D eigenvalue weighted by atomic mass is 9.65. The summed E-state index contributed by atoms with van der Waals surface area (Å²) in [6.45, 7) is 10.9. The summed E-state index contributed by atoms with van der Waals surface area (Å²) in [4.78, 5) is 0. The highest BCUT2D eigenvalue weighted by atomic mass is 16.2. The lowest BCUT2D eigenvalue weighted by Gasteiger charge is -2.26.